The van der Waals surface area contributed by atoms with Gasteiger partial charge in [0, 0.05) is 11.1 Å². The summed E-state index contributed by atoms with van der Waals surface area (Å²) in [5.41, 5.74) is 3.94. The Hall–Kier alpha value is -0.530. The Kier molecular flexibility index (Phi) is 4.92. The van der Waals surface area contributed by atoms with Crippen molar-refractivity contribution >= 4 is 11.6 Å². The Bertz CT molecular complexity index is 437. The van der Waals surface area contributed by atoms with Crippen LogP contribution in [0.25, 0.3) is 0 Å². The molecular formula is C17H26ClN. The zero-order chi connectivity index (χ0) is 14.0. The van der Waals surface area contributed by atoms with E-state index >= 15 is 0 Å². The van der Waals surface area contributed by atoms with E-state index < -0.39 is 0 Å². The lowest BCUT2D eigenvalue weighted by Crippen LogP contribution is -2.29. The van der Waals surface area contributed by atoms with Crippen LogP contribution in [0.15, 0.2) is 12.1 Å². The van der Waals surface area contributed by atoms with E-state index in [1.54, 1.807) is 0 Å². The van der Waals surface area contributed by atoms with Gasteiger partial charge in [0.2, 0.25) is 0 Å². The number of nitrogens with one attached hydrogen (secondary N) is 1. The van der Waals surface area contributed by atoms with E-state index in [4.69, 9.17) is 11.6 Å². The van der Waals surface area contributed by atoms with E-state index in [-0.39, 0.29) is 0 Å². The van der Waals surface area contributed by atoms with Crippen molar-refractivity contribution < 1.29 is 0 Å². The molecule has 1 N–H and O–H groups in total. The van der Waals surface area contributed by atoms with Crippen molar-refractivity contribution in [2.45, 2.75) is 53.0 Å². The molecule has 0 bridgehead atoms. The van der Waals surface area contributed by atoms with Crippen LogP contribution >= 0.6 is 11.6 Å². The monoisotopic (exact) mass is 279 g/mol. The first-order valence-electron chi connectivity index (χ1n) is 7.54. The van der Waals surface area contributed by atoms with Crippen LogP contribution in [0.1, 0.15) is 55.8 Å². The molecule has 106 valence electrons. The number of hydrogen-bond acceptors (Lipinski definition) is 1. The molecule has 0 aromatic heterocycles. The van der Waals surface area contributed by atoms with Gasteiger partial charge in [-0.3, -0.25) is 0 Å². The second-order valence-electron chi connectivity index (χ2n) is 6.09. The normalized spacial score (nSPS) is 18.4. The van der Waals surface area contributed by atoms with Gasteiger partial charge < -0.3 is 5.32 Å². The maximum Gasteiger partial charge on any atom is 0.0438 e. The maximum atomic E-state index is 6.23. The largest absolute Gasteiger partial charge is 0.310 e. The highest BCUT2D eigenvalue weighted by Crippen LogP contribution is 2.43. The van der Waals surface area contributed by atoms with Crippen LogP contribution in [0.5, 0.6) is 0 Å². The summed E-state index contributed by atoms with van der Waals surface area (Å²) < 4.78 is 0. The molecule has 19 heavy (non-hydrogen) atoms. The minimum atomic E-state index is 0.475. The minimum Gasteiger partial charge on any atom is -0.310 e. The Morgan fingerprint density at radius 2 is 1.95 bits per heavy atom. The minimum absolute atomic E-state index is 0.475. The molecule has 1 aromatic carbocycles. The molecule has 0 heterocycles. The first kappa shape index (κ1) is 14.9. The molecule has 2 unspecified atom stereocenters. The van der Waals surface area contributed by atoms with Crippen molar-refractivity contribution in [3.05, 3.63) is 33.8 Å². The molecule has 0 saturated heterocycles. The topological polar surface area (TPSA) is 12.0 Å². The zero-order valence-electron chi connectivity index (χ0n) is 12.6. The van der Waals surface area contributed by atoms with Crippen LogP contribution in [0.3, 0.4) is 0 Å². The van der Waals surface area contributed by atoms with Gasteiger partial charge in [-0.15, -0.1) is 0 Å². The number of benzene rings is 1. The summed E-state index contributed by atoms with van der Waals surface area (Å²) in [5, 5.41) is 4.64. The Morgan fingerprint density at radius 1 is 1.26 bits per heavy atom. The van der Waals surface area contributed by atoms with Crippen molar-refractivity contribution in [3.8, 4) is 0 Å². The molecule has 1 aromatic rings. The van der Waals surface area contributed by atoms with E-state index in [0.717, 1.165) is 17.5 Å². The predicted molar refractivity (Wildman–Crippen MR) is 83.8 cm³/mol. The molecular weight excluding hydrogens is 254 g/mol. The van der Waals surface area contributed by atoms with E-state index in [1.165, 1.54) is 36.0 Å². The molecule has 1 saturated carbocycles. The van der Waals surface area contributed by atoms with E-state index in [2.05, 4.69) is 45.1 Å². The molecule has 1 fully saturated rings. The third-order valence-electron chi connectivity index (χ3n) is 4.39. The molecule has 2 rings (SSSR count). The van der Waals surface area contributed by atoms with Gasteiger partial charge >= 0.3 is 0 Å². The highest BCUT2D eigenvalue weighted by molar-refractivity contribution is 6.31. The molecule has 0 amide bonds. The van der Waals surface area contributed by atoms with Gasteiger partial charge in [-0.25, -0.2) is 0 Å². The van der Waals surface area contributed by atoms with Gasteiger partial charge in [0.05, 0.1) is 0 Å². The Balaban J connectivity index is 2.28. The van der Waals surface area contributed by atoms with Crippen LogP contribution in [0, 0.1) is 25.7 Å². The van der Waals surface area contributed by atoms with Crippen molar-refractivity contribution in [2.24, 2.45) is 11.8 Å². The molecule has 0 radical (unpaired) electrons. The summed E-state index contributed by atoms with van der Waals surface area (Å²) in [6.45, 7) is 9.99. The van der Waals surface area contributed by atoms with Gasteiger partial charge in [-0.1, -0.05) is 31.5 Å². The van der Waals surface area contributed by atoms with Gasteiger partial charge in [-0.05, 0) is 74.2 Å². The number of aryl methyl sites for hydroxylation is 2. The van der Waals surface area contributed by atoms with E-state index in [1.807, 2.05) is 0 Å². The van der Waals surface area contributed by atoms with Crippen LogP contribution < -0.4 is 5.32 Å². The fourth-order valence-electron chi connectivity index (χ4n) is 2.91. The maximum absolute atomic E-state index is 6.23. The number of hydrogen-bond donors (Lipinski definition) is 1. The SMILES string of the molecule is CCCNC(c1cc(C)c(Cl)cc1C)C(C)C1CC1. The number of rotatable bonds is 6. The summed E-state index contributed by atoms with van der Waals surface area (Å²) >= 11 is 6.23. The van der Waals surface area contributed by atoms with Crippen molar-refractivity contribution in [2.75, 3.05) is 6.54 Å². The van der Waals surface area contributed by atoms with Crippen molar-refractivity contribution in [3.63, 3.8) is 0 Å². The van der Waals surface area contributed by atoms with Crippen molar-refractivity contribution in [1.82, 2.24) is 5.32 Å². The lowest BCUT2D eigenvalue weighted by Gasteiger charge is -2.28. The summed E-state index contributed by atoms with van der Waals surface area (Å²) in [7, 11) is 0. The van der Waals surface area contributed by atoms with Crippen molar-refractivity contribution in [1.29, 1.82) is 0 Å². The number of halogens is 1. The third-order valence-corrected chi connectivity index (χ3v) is 4.80. The quantitative estimate of drug-likeness (QED) is 0.769. The summed E-state index contributed by atoms with van der Waals surface area (Å²) in [4.78, 5) is 0. The average molecular weight is 280 g/mol. The molecule has 1 aliphatic carbocycles. The fourth-order valence-corrected chi connectivity index (χ4v) is 3.13. The predicted octanol–water partition coefficient (Wildman–Crippen LogP) is 5.04. The molecule has 2 heteroatoms. The second kappa shape index (κ2) is 6.28. The second-order valence-corrected chi connectivity index (χ2v) is 6.49. The average Bonchev–Trinajstić information content (AvgIpc) is 3.19. The fraction of sp³-hybridized carbons (Fsp3) is 0.647. The standard InChI is InChI=1S/C17H26ClN/c1-5-8-19-17(13(4)14-6-7-14)15-9-12(3)16(18)10-11(15)2/h9-10,13-14,17,19H,5-8H2,1-4H3. The van der Waals surface area contributed by atoms with Gasteiger partial charge in [0.25, 0.3) is 0 Å². The lowest BCUT2D eigenvalue weighted by molar-refractivity contribution is 0.348. The molecule has 1 nitrogen and oxygen atoms in total. The Labute approximate surface area is 122 Å². The van der Waals surface area contributed by atoms with Crippen LogP contribution in [-0.4, -0.2) is 6.54 Å². The smallest absolute Gasteiger partial charge is 0.0438 e. The van der Waals surface area contributed by atoms with E-state index in [9.17, 15) is 0 Å². The van der Waals surface area contributed by atoms with Gasteiger partial charge in [0.15, 0.2) is 0 Å². The van der Waals surface area contributed by atoms with Crippen LogP contribution in [0.2, 0.25) is 5.02 Å². The van der Waals surface area contributed by atoms with Crippen LogP contribution in [0.4, 0.5) is 0 Å². The van der Waals surface area contributed by atoms with Crippen LogP contribution in [-0.2, 0) is 0 Å². The first-order valence-corrected chi connectivity index (χ1v) is 7.92. The van der Waals surface area contributed by atoms with Gasteiger partial charge in [-0.2, -0.15) is 0 Å². The zero-order valence-corrected chi connectivity index (χ0v) is 13.3. The first-order chi connectivity index (χ1) is 9.04. The van der Waals surface area contributed by atoms with Gasteiger partial charge in [0.1, 0.15) is 0 Å². The molecule has 1 aliphatic rings. The molecule has 0 spiro atoms. The van der Waals surface area contributed by atoms with E-state index in [0.29, 0.717) is 12.0 Å². The molecule has 0 aliphatic heterocycles. The molecule has 2 atom stereocenters. The summed E-state index contributed by atoms with van der Waals surface area (Å²) in [5.74, 6) is 1.62. The summed E-state index contributed by atoms with van der Waals surface area (Å²) in [6, 6.07) is 4.87. The summed E-state index contributed by atoms with van der Waals surface area (Å²) in [6.07, 6.45) is 3.98. The lowest BCUT2D eigenvalue weighted by atomic mass is 9.87. The Morgan fingerprint density at radius 3 is 2.53 bits per heavy atom. The third kappa shape index (κ3) is 3.52. The highest BCUT2D eigenvalue weighted by atomic mass is 35.5. The highest BCUT2D eigenvalue weighted by Gasteiger charge is 2.34.